The zero-order valence-corrected chi connectivity index (χ0v) is 23.0. The van der Waals surface area contributed by atoms with Gasteiger partial charge in [-0.15, -0.1) is 0 Å². The van der Waals surface area contributed by atoms with E-state index in [1.165, 1.54) is 6.20 Å². The predicted octanol–water partition coefficient (Wildman–Crippen LogP) is 5.44. The normalized spacial score (nSPS) is 18.8. The van der Waals surface area contributed by atoms with Crippen LogP contribution in [0.1, 0.15) is 67.9 Å². The number of benzene rings is 1. The smallest absolute Gasteiger partial charge is 0.306 e. The van der Waals surface area contributed by atoms with Crippen molar-refractivity contribution in [3.63, 3.8) is 0 Å². The van der Waals surface area contributed by atoms with Crippen LogP contribution in [0, 0.1) is 11.8 Å². The summed E-state index contributed by atoms with van der Waals surface area (Å²) in [6.45, 7) is 3.94. The molecule has 0 aliphatic heterocycles. The summed E-state index contributed by atoms with van der Waals surface area (Å²) in [5.74, 6) is 0.00267. The number of carboxylic acid groups (broad SMARTS) is 1. The molecule has 0 spiro atoms. The number of carbonyl (C=O) groups is 2. The third-order valence-electron chi connectivity index (χ3n) is 6.43. The van der Waals surface area contributed by atoms with Gasteiger partial charge in [0.05, 0.1) is 35.3 Å². The summed E-state index contributed by atoms with van der Waals surface area (Å²) in [5, 5.41) is 26.2. The Morgan fingerprint density at radius 2 is 1.94 bits per heavy atom. The van der Waals surface area contributed by atoms with Gasteiger partial charge in [-0.3, -0.25) is 9.59 Å². The van der Waals surface area contributed by atoms with Gasteiger partial charge in [-0.25, -0.2) is 4.98 Å². The second-order valence-corrected chi connectivity index (χ2v) is 11.2. The van der Waals surface area contributed by atoms with Gasteiger partial charge in [0.25, 0.3) is 5.91 Å². The van der Waals surface area contributed by atoms with Crippen molar-refractivity contribution in [2.24, 2.45) is 11.8 Å². The van der Waals surface area contributed by atoms with Gasteiger partial charge >= 0.3 is 5.97 Å². The minimum atomic E-state index is -0.985. The van der Waals surface area contributed by atoms with E-state index >= 15 is 0 Å². The molecule has 1 aliphatic rings. The average Bonchev–Trinajstić information content (AvgIpc) is 2.82. The van der Waals surface area contributed by atoms with Crippen molar-refractivity contribution in [1.82, 2.24) is 10.3 Å². The van der Waals surface area contributed by atoms with Gasteiger partial charge in [0.1, 0.15) is 11.6 Å². The van der Waals surface area contributed by atoms with Crippen molar-refractivity contribution in [2.75, 3.05) is 19.0 Å². The molecule has 1 amide bonds. The van der Waals surface area contributed by atoms with Crippen LogP contribution in [0.15, 0.2) is 34.9 Å². The molecule has 3 rings (SSSR count). The lowest BCUT2D eigenvalue weighted by Gasteiger charge is -2.28. The monoisotopic (exact) mass is 581 g/mol. The first-order valence-electron chi connectivity index (χ1n) is 12.0. The van der Waals surface area contributed by atoms with Crippen molar-refractivity contribution in [2.45, 2.75) is 57.6 Å². The molecule has 10 heteroatoms. The molecule has 1 heterocycles. The fourth-order valence-electron chi connectivity index (χ4n) is 4.50. The highest BCUT2D eigenvalue weighted by Crippen LogP contribution is 2.36. The van der Waals surface area contributed by atoms with Crippen LogP contribution in [0.2, 0.25) is 5.02 Å². The molecule has 196 valence electrons. The lowest BCUT2D eigenvalue weighted by Crippen LogP contribution is -2.32. The molecule has 4 N–H and O–H groups in total. The standard InChI is InChI=1S/C26H33BrClN3O5/c1-26(2,35)12-21(19-11-18(27)8-9-22(19)36-3)31-23-20(28)10-17(14-29-23)24(32)30-13-15-4-6-16(7-5-15)25(33)34/h8-11,14-16,21,35H,4-7,12-13H2,1-3H3,(H,29,31)(H,30,32)(H,33,34)/t15-,16-,21?. The zero-order valence-electron chi connectivity index (χ0n) is 20.7. The number of carbonyl (C=O) groups excluding carboxylic acids is 1. The molecule has 1 unspecified atom stereocenters. The molecule has 0 saturated heterocycles. The van der Waals surface area contributed by atoms with Gasteiger partial charge in [-0.05, 0) is 69.7 Å². The third-order valence-corrected chi connectivity index (χ3v) is 7.21. The number of nitrogens with zero attached hydrogens (tertiary/aromatic N) is 1. The molecule has 0 bridgehead atoms. The maximum absolute atomic E-state index is 12.7. The summed E-state index contributed by atoms with van der Waals surface area (Å²) in [5.41, 5.74) is 0.177. The van der Waals surface area contributed by atoms with Crippen LogP contribution in [0.25, 0.3) is 0 Å². The fraction of sp³-hybridized carbons (Fsp3) is 0.500. The van der Waals surface area contributed by atoms with Gasteiger partial charge in [-0.1, -0.05) is 27.5 Å². The van der Waals surface area contributed by atoms with E-state index in [0.717, 1.165) is 22.9 Å². The molecular weight excluding hydrogens is 550 g/mol. The minimum Gasteiger partial charge on any atom is -0.496 e. The van der Waals surface area contributed by atoms with Crippen molar-refractivity contribution < 1.29 is 24.5 Å². The summed E-state index contributed by atoms with van der Waals surface area (Å²) in [6, 6.07) is 6.83. The van der Waals surface area contributed by atoms with Crippen molar-refractivity contribution >= 4 is 45.2 Å². The molecule has 1 aromatic carbocycles. The number of aliphatic hydroxyl groups is 1. The lowest BCUT2D eigenvalue weighted by molar-refractivity contribution is -0.143. The Bertz CT molecular complexity index is 1080. The lowest BCUT2D eigenvalue weighted by atomic mass is 9.82. The maximum atomic E-state index is 12.7. The van der Waals surface area contributed by atoms with Gasteiger partial charge < -0.3 is 25.6 Å². The number of aliphatic carboxylic acids is 1. The molecule has 1 fully saturated rings. The highest BCUT2D eigenvalue weighted by Gasteiger charge is 2.27. The zero-order chi connectivity index (χ0) is 26.5. The van der Waals surface area contributed by atoms with E-state index in [4.69, 9.17) is 21.4 Å². The van der Waals surface area contributed by atoms with Crippen molar-refractivity contribution in [3.8, 4) is 5.75 Å². The number of rotatable bonds is 10. The number of anilines is 1. The summed E-state index contributed by atoms with van der Waals surface area (Å²) in [4.78, 5) is 28.2. The van der Waals surface area contributed by atoms with Crippen molar-refractivity contribution in [1.29, 1.82) is 0 Å². The Balaban J connectivity index is 1.69. The highest BCUT2D eigenvalue weighted by atomic mass is 79.9. The number of amides is 1. The number of hydrogen-bond acceptors (Lipinski definition) is 6. The van der Waals surface area contributed by atoms with E-state index in [1.807, 2.05) is 18.2 Å². The minimum absolute atomic E-state index is 0.261. The van der Waals surface area contributed by atoms with E-state index in [-0.39, 0.29) is 28.8 Å². The molecule has 1 aromatic heterocycles. The highest BCUT2D eigenvalue weighted by molar-refractivity contribution is 9.10. The number of carboxylic acids is 1. The van der Waals surface area contributed by atoms with Gasteiger partial charge in [0, 0.05) is 29.2 Å². The van der Waals surface area contributed by atoms with E-state index in [9.17, 15) is 14.7 Å². The molecule has 8 nitrogen and oxygen atoms in total. The Morgan fingerprint density at radius 3 is 2.53 bits per heavy atom. The number of nitrogens with one attached hydrogen (secondary N) is 2. The fourth-order valence-corrected chi connectivity index (χ4v) is 5.10. The Hall–Kier alpha value is -2.36. The quantitative estimate of drug-likeness (QED) is 0.294. The SMILES string of the molecule is COc1ccc(Br)cc1C(CC(C)(C)O)Nc1ncc(C(=O)NC[C@H]2CC[C@H](C(=O)O)CC2)cc1Cl. The maximum Gasteiger partial charge on any atom is 0.306 e. The molecule has 1 atom stereocenters. The third kappa shape index (κ3) is 7.82. The van der Waals surface area contributed by atoms with Crippen LogP contribution in [-0.4, -0.2) is 46.3 Å². The Morgan fingerprint density at radius 1 is 1.25 bits per heavy atom. The molecule has 36 heavy (non-hydrogen) atoms. The molecule has 1 saturated carbocycles. The molecule has 0 radical (unpaired) electrons. The second kappa shape index (κ2) is 12.3. The Labute approximate surface area is 224 Å². The van der Waals surface area contributed by atoms with Gasteiger partial charge in [0.2, 0.25) is 0 Å². The summed E-state index contributed by atoms with van der Waals surface area (Å²) in [7, 11) is 1.59. The van der Waals surface area contributed by atoms with Crippen LogP contribution in [-0.2, 0) is 4.79 Å². The van der Waals surface area contributed by atoms with Gasteiger partial charge in [-0.2, -0.15) is 0 Å². The van der Waals surface area contributed by atoms with Crippen molar-refractivity contribution in [3.05, 3.63) is 51.1 Å². The van der Waals surface area contributed by atoms with E-state index in [1.54, 1.807) is 27.0 Å². The first-order valence-corrected chi connectivity index (χ1v) is 13.1. The van der Waals surface area contributed by atoms with E-state index in [2.05, 4.69) is 31.5 Å². The van der Waals surface area contributed by atoms with E-state index < -0.39 is 11.6 Å². The molecule has 2 aromatic rings. The molecular formula is C26H33BrClN3O5. The van der Waals surface area contributed by atoms with E-state index in [0.29, 0.717) is 42.9 Å². The number of pyridine rings is 1. The number of methoxy groups -OCH3 is 1. The topological polar surface area (TPSA) is 121 Å². The van der Waals surface area contributed by atoms with Crippen LogP contribution >= 0.6 is 27.5 Å². The first-order chi connectivity index (χ1) is 17.0. The number of halogens is 2. The summed E-state index contributed by atoms with van der Waals surface area (Å²) in [6.07, 6.45) is 4.65. The summed E-state index contributed by atoms with van der Waals surface area (Å²) >= 11 is 10.0. The average molecular weight is 583 g/mol. The van der Waals surface area contributed by atoms with Crippen LogP contribution < -0.4 is 15.4 Å². The second-order valence-electron chi connectivity index (χ2n) is 9.92. The van der Waals surface area contributed by atoms with Crippen LogP contribution in [0.4, 0.5) is 5.82 Å². The number of aromatic nitrogens is 1. The van der Waals surface area contributed by atoms with Crippen LogP contribution in [0.3, 0.4) is 0 Å². The summed E-state index contributed by atoms with van der Waals surface area (Å²) < 4.78 is 6.40. The number of ether oxygens (including phenoxy) is 1. The van der Waals surface area contributed by atoms with Crippen LogP contribution in [0.5, 0.6) is 5.75 Å². The first kappa shape index (κ1) is 28.2. The van der Waals surface area contributed by atoms with Gasteiger partial charge in [0.15, 0.2) is 0 Å². The molecule has 1 aliphatic carbocycles. The Kier molecular flexibility index (Phi) is 9.60. The largest absolute Gasteiger partial charge is 0.496 e. The predicted molar refractivity (Wildman–Crippen MR) is 143 cm³/mol. The number of hydrogen-bond donors (Lipinski definition) is 4.